The SMILES string of the molecule is C.CC(C)c1ccccn1.CC(C)c1cccnn1.CC(C)c1ccnnn1.CC(C)c1cnccn1.CC(C)c1cnccn1.CC(C)c1cncnn1.CC(C)c1ncnnn1. The smallest absolute Gasteiger partial charge is 0.157 e. The van der Waals surface area contributed by atoms with Crippen LogP contribution in [-0.2, 0) is 0 Å². The average molecular weight is 874 g/mol. The lowest BCUT2D eigenvalue weighted by molar-refractivity contribution is 0.688. The molecule has 344 valence electrons. The van der Waals surface area contributed by atoms with E-state index in [4.69, 9.17) is 0 Å². The molecule has 0 atom stereocenters. The lowest BCUT2D eigenvalue weighted by Gasteiger charge is -2.00. The molecule has 0 fully saturated rings. The molecule has 0 aliphatic carbocycles. The van der Waals surface area contributed by atoms with Crippen molar-refractivity contribution >= 4 is 0 Å². The summed E-state index contributed by atoms with van der Waals surface area (Å²) in [6, 6.07) is 11.8. The van der Waals surface area contributed by atoms with Gasteiger partial charge in [-0.25, -0.2) is 9.97 Å². The summed E-state index contributed by atoms with van der Waals surface area (Å²) in [7, 11) is 0. The van der Waals surface area contributed by atoms with Crippen LogP contribution in [0.1, 0.15) is 186 Å². The Morgan fingerprint density at radius 1 is 0.312 bits per heavy atom. The minimum absolute atomic E-state index is 0. The number of aromatic nitrogens is 17. The van der Waals surface area contributed by atoms with Crippen LogP contribution in [0.5, 0.6) is 0 Å². The molecule has 7 aromatic heterocycles. The molecule has 0 unspecified atom stereocenters. The number of rotatable bonds is 7. The fourth-order valence-electron chi connectivity index (χ4n) is 4.11. The van der Waals surface area contributed by atoms with Crippen LogP contribution in [-0.4, -0.2) is 86.1 Å². The van der Waals surface area contributed by atoms with Gasteiger partial charge < -0.3 is 0 Å². The van der Waals surface area contributed by atoms with Crippen LogP contribution in [0.4, 0.5) is 0 Å². The highest BCUT2D eigenvalue weighted by molar-refractivity contribution is 5.07. The Balaban J connectivity index is 0.000000722. The maximum atomic E-state index is 4.18. The number of nitrogens with zero attached hydrogens (tertiary/aromatic N) is 17. The molecule has 0 saturated heterocycles. The van der Waals surface area contributed by atoms with Crippen LogP contribution in [0, 0.1) is 0 Å². The average Bonchev–Trinajstić information content (AvgIpc) is 3.32. The van der Waals surface area contributed by atoms with Crippen molar-refractivity contribution in [2.45, 2.75) is 146 Å². The second-order valence-corrected chi connectivity index (χ2v) is 15.7. The Labute approximate surface area is 381 Å². The van der Waals surface area contributed by atoms with E-state index in [1.165, 1.54) is 12.7 Å². The molecule has 0 spiro atoms. The molecule has 0 bridgehead atoms. The summed E-state index contributed by atoms with van der Waals surface area (Å²) >= 11 is 0. The van der Waals surface area contributed by atoms with Crippen molar-refractivity contribution in [2.75, 3.05) is 0 Å². The van der Waals surface area contributed by atoms with E-state index >= 15 is 0 Å². The van der Waals surface area contributed by atoms with E-state index in [9.17, 15) is 0 Å². The van der Waals surface area contributed by atoms with Gasteiger partial charge in [0.1, 0.15) is 12.7 Å². The van der Waals surface area contributed by atoms with Gasteiger partial charge in [-0.05, 0) is 76.3 Å². The van der Waals surface area contributed by atoms with Gasteiger partial charge in [0.05, 0.1) is 40.9 Å². The van der Waals surface area contributed by atoms with Crippen molar-refractivity contribution in [3.63, 3.8) is 0 Å². The quantitative estimate of drug-likeness (QED) is 0.145. The largest absolute Gasteiger partial charge is 0.261 e. The number of hydrogen-bond donors (Lipinski definition) is 0. The summed E-state index contributed by atoms with van der Waals surface area (Å²) in [5.41, 5.74) is 6.26. The third kappa shape index (κ3) is 27.3. The van der Waals surface area contributed by atoms with E-state index in [2.05, 4.69) is 169 Å². The van der Waals surface area contributed by atoms with E-state index in [1.807, 2.05) is 56.4 Å². The predicted octanol–water partition coefficient (Wildman–Crippen LogP) is 10.0. The van der Waals surface area contributed by atoms with Crippen LogP contribution in [0.3, 0.4) is 0 Å². The van der Waals surface area contributed by atoms with E-state index in [1.54, 1.807) is 55.8 Å². The van der Waals surface area contributed by atoms with Crippen molar-refractivity contribution in [1.82, 2.24) is 86.1 Å². The van der Waals surface area contributed by atoms with Crippen molar-refractivity contribution in [2.24, 2.45) is 0 Å². The highest BCUT2D eigenvalue weighted by atomic mass is 15.3. The van der Waals surface area contributed by atoms with Gasteiger partial charge in [0.15, 0.2) is 5.82 Å². The summed E-state index contributed by atoms with van der Waals surface area (Å²) in [6.45, 7) is 29.2. The Bertz CT molecular complexity index is 1620. The van der Waals surface area contributed by atoms with Crippen LogP contribution >= 0.6 is 0 Å². The van der Waals surface area contributed by atoms with Crippen LogP contribution in [0.25, 0.3) is 0 Å². The topological polar surface area (TPSA) is 219 Å². The van der Waals surface area contributed by atoms with E-state index in [0.717, 1.165) is 40.0 Å². The highest BCUT2D eigenvalue weighted by Gasteiger charge is 2.01. The molecule has 7 aromatic rings. The molecule has 7 rings (SSSR count). The monoisotopic (exact) mass is 874 g/mol. The van der Waals surface area contributed by atoms with E-state index < -0.39 is 0 Å². The zero-order chi connectivity index (χ0) is 46.8. The third-order valence-corrected chi connectivity index (χ3v) is 7.98. The molecule has 17 heteroatoms. The highest BCUT2D eigenvalue weighted by Crippen LogP contribution is 2.11. The predicted molar refractivity (Wildman–Crippen MR) is 253 cm³/mol. The van der Waals surface area contributed by atoms with Crippen LogP contribution in [0.15, 0.2) is 111 Å². The standard InChI is InChI=1S/C8H11N.3C7H10N2.2C6H9N3.C5H8N4.CH4/c1-7(2)8-5-3-4-6-9-8;2*1-6(2)7-5-8-3-4-9-7;1-6(2)7-4-3-5-8-9-7;1-5(2)6-3-7-4-8-9-6;1-5(2)6-3-4-7-9-8-6;1-4(2)5-6-3-7-9-8-5;/h3-7H,1-2H3;3*3-6H,1-2H3;2*3-5H,1-2H3;3-4H,1-2H3;1H4. The first-order chi connectivity index (χ1) is 30.1. The molecule has 0 amide bonds. The second-order valence-electron chi connectivity index (χ2n) is 15.7. The van der Waals surface area contributed by atoms with Crippen LogP contribution < -0.4 is 0 Å². The Morgan fingerprint density at radius 3 is 1.09 bits per heavy atom. The molecule has 7 heterocycles. The zero-order valence-corrected chi connectivity index (χ0v) is 39.5. The van der Waals surface area contributed by atoms with Gasteiger partial charge in [0, 0.05) is 61.2 Å². The molecule has 0 aliphatic rings. The molecular weight excluding hydrogens is 803 g/mol. The van der Waals surface area contributed by atoms with Gasteiger partial charge in [-0.1, -0.05) is 110 Å². The van der Waals surface area contributed by atoms with Gasteiger partial charge in [0.2, 0.25) is 0 Å². The van der Waals surface area contributed by atoms with Gasteiger partial charge in [-0.15, -0.1) is 25.5 Å². The van der Waals surface area contributed by atoms with Crippen molar-refractivity contribution in [1.29, 1.82) is 0 Å². The van der Waals surface area contributed by atoms with E-state index in [-0.39, 0.29) is 7.43 Å². The molecule has 0 saturated carbocycles. The first kappa shape index (κ1) is 57.3. The normalized spacial score (nSPS) is 9.95. The maximum Gasteiger partial charge on any atom is 0.157 e. The summed E-state index contributed by atoms with van der Waals surface area (Å²) < 4.78 is 0. The first-order valence-corrected chi connectivity index (χ1v) is 21.1. The van der Waals surface area contributed by atoms with Gasteiger partial charge in [-0.2, -0.15) is 15.3 Å². The first-order valence-electron chi connectivity index (χ1n) is 21.1. The Kier molecular flexibility index (Phi) is 31.3. The van der Waals surface area contributed by atoms with Gasteiger partial charge >= 0.3 is 0 Å². The fourth-order valence-corrected chi connectivity index (χ4v) is 4.11. The van der Waals surface area contributed by atoms with Crippen molar-refractivity contribution in [3.05, 3.63) is 151 Å². The Hall–Kier alpha value is -6.65. The van der Waals surface area contributed by atoms with Crippen molar-refractivity contribution in [3.8, 4) is 0 Å². The van der Waals surface area contributed by atoms with Gasteiger partial charge in [0.25, 0.3) is 0 Å². The molecule has 0 aliphatic heterocycles. The summed E-state index contributed by atoms with van der Waals surface area (Å²) in [6.07, 6.45) is 20.1. The van der Waals surface area contributed by atoms with Crippen LogP contribution in [0.2, 0.25) is 0 Å². The molecule has 0 aromatic carbocycles. The minimum Gasteiger partial charge on any atom is -0.261 e. The molecule has 0 N–H and O–H groups in total. The lowest BCUT2D eigenvalue weighted by Crippen LogP contribution is -1.99. The molecule has 64 heavy (non-hydrogen) atoms. The summed E-state index contributed by atoms with van der Waals surface area (Å²) in [5.74, 6) is 3.94. The van der Waals surface area contributed by atoms with Gasteiger partial charge in [-0.3, -0.25) is 24.9 Å². The second kappa shape index (κ2) is 34.9. The number of hydrogen-bond acceptors (Lipinski definition) is 17. The zero-order valence-electron chi connectivity index (χ0n) is 39.5. The third-order valence-electron chi connectivity index (χ3n) is 7.98. The lowest BCUT2D eigenvalue weighted by atomic mass is 10.1. The fraction of sp³-hybridized carbons (Fsp3) is 0.468. The van der Waals surface area contributed by atoms with Crippen molar-refractivity contribution < 1.29 is 0 Å². The summed E-state index contributed by atoms with van der Waals surface area (Å²) in [4.78, 5) is 28.0. The number of pyridine rings is 1. The summed E-state index contributed by atoms with van der Waals surface area (Å²) in [5, 5.41) is 36.7. The maximum absolute atomic E-state index is 4.18. The minimum atomic E-state index is 0. The van der Waals surface area contributed by atoms with E-state index in [0.29, 0.717) is 41.4 Å². The molecular formula is C47H71N17. The Morgan fingerprint density at radius 2 is 0.812 bits per heavy atom. The molecule has 0 radical (unpaired) electrons. The molecule has 17 nitrogen and oxygen atoms in total.